The lowest BCUT2D eigenvalue weighted by atomic mass is 10.1. The van der Waals surface area contributed by atoms with E-state index < -0.39 is 0 Å². The number of H-pyrrole nitrogens is 1. The topological polar surface area (TPSA) is 74.1 Å². The van der Waals surface area contributed by atoms with Gasteiger partial charge in [-0.25, -0.2) is 4.98 Å². The second kappa shape index (κ2) is 6.61. The highest BCUT2D eigenvalue weighted by Gasteiger charge is 2.21. The quantitative estimate of drug-likeness (QED) is 0.760. The van der Waals surface area contributed by atoms with Gasteiger partial charge in [-0.15, -0.1) is 0 Å². The zero-order chi connectivity index (χ0) is 18.3. The first-order chi connectivity index (χ1) is 12.5. The van der Waals surface area contributed by atoms with Crippen molar-refractivity contribution in [3.8, 4) is 0 Å². The van der Waals surface area contributed by atoms with Gasteiger partial charge in [0.2, 0.25) is 5.95 Å². The highest BCUT2D eigenvalue weighted by atomic mass is 15.3. The summed E-state index contributed by atoms with van der Waals surface area (Å²) in [6, 6.07) is 6.61. The number of hydrogen-bond donors (Lipinski definition) is 2. The fourth-order valence-electron chi connectivity index (χ4n) is 3.58. The van der Waals surface area contributed by atoms with E-state index in [2.05, 4.69) is 56.8 Å². The van der Waals surface area contributed by atoms with Crippen molar-refractivity contribution in [2.24, 2.45) is 0 Å². The molecule has 1 fully saturated rings. The first-order valence-electron chi connectivity index (χ1n) is 9.15. The Balaban J connectivity index is 1.44. The van der Waals surface area contributed by atoms with E-state index in [1.807, 2.05) is 6.92 Å². The summed E-state index contributed by atoms with van der Waals surface area (Å²) >= 11 is 0. The van der Waals surface area contributed by atoms with Crippen molar-refractivity contribution >= 4 is 22.7 Å². The molecule has 6 nitrogen and oxygen atoms in total. The van der Waals surface area contributed by atoms with Gasteiger partial charge >= 0.3 is 0 Å². The highest BCUT2D eigenvalue weighted by molar-refractivity contribution is 5.85. The summed E-state index contributed by atoms with van der Waals surface area (Å²) in [5.74, 6) is 1.31. The standard InChI is InChI=1S/C20H26N6/c1-13-4-5-17-16(10-13)15(3)18(23-17)12-25-6-8-26(9-7-25)20-22-11-14(2)19(21)24-20/h4-5,10-11,23H,6-9,12H2,1-3H3,(H2,21,22,24). The number of nitrogens with zero attached hydrogens (tertiary/aromatic N) is 4. The van der Waals surface area contributed by atoms with E-state index in [1.165, 1.54) is 27.7 Å². The SMILES string of the molecule is Cc1ccc2[nH]c(CN3CCN(c4ncc(C)c(N)n4)CC3)c(C)c2c1. The minimum atomic E-state index is 0.571. The first kappa shape index (κ1) is 16.8. The number of aryl methyl sites for hydroxylation is 3. The third-order valence-electron chi connectivity index (χ3n) is 5.35. The number of aromatic nitrogens is 3. The molecule has 3 N–H and O–H groups in total. The van der Waals surface area contributed by atoms with E-state index in [0.29, 0.717) is 5.82 Å². The molecule has 6 heteroatoms. The largest absolute Gasteiger partial charge is 0.383 e. The molecule has 1 saturated heterocycles. The van der Waals surface area contributed by atoms with Gasteiger partial charge in [-0.3, -0.25) is 4.90 Å². The number of anilines is 2. The minimum Gasteiger partial charge on any atom is -0.383 e. The molecule has 0 amide bonds. The molecular weight excluding hydrogens is 324 g/mol. The number of nitrogens with one attached hydrogen (secondary N) is 1. The Morgan fingerprint density at radius 3 is 2.62 bits per heavy atom. The van der Waals surface area contributed by atoms with E-state index in [0.717, 1.165) is 44.2 Å². The summed E-state index contributed by atoms with van der Waals surface area (Å²) in [6.45, 7) is 11.1. The van der Waals surface area contributed by atoms with Crippen LogP contribution in [-0.4, -0.2) is 46.0 Å². The van der Waals surface area contributed by atoms with E-state index in [4.69, 9.17) is 5.73 Å². The van der Waals surface area contributed by atoms with Crippen LogP contribution in [0.5, 0.6) is 0 Å². The number of piperazine rings is 1. The van der Waals surface area contributed by atoms with Crippen molar-refractivity contribution in [3.05, 3.63) is 46.8 Å². The minimum absolute atomic E-state index is 0.571. The van der Waals surface area contributed by atoms with Gasteiger partial charge in [0.15, 0.2) is 0 Å². The predicted octanol–water partition coefficient (Wildman–Crippen LogP) is 2.79. The first-order valence-corrected chi connectivity index (χ1v) is 9.15. The van der Waals surface area contributed by atoms with Crippen molar-refractivity contribution in [2.75, 3.05) is 36.8 Å². The van der Waals surface area contributed by atoms with Crippen molar-refractivity contribution in [1.29, 1.82) is 0 Å². The summed E-state index contributed by atoms with van der Waals surface area (Å²) in [4.78, 5) is 17.2. The van der Waals surface area contributed by atoms with E-state index in [1.54, 1.807) is 6.20 Å². The van der Waals surface area contributed by atoms with Gasteiger partial charge in [-0.1, -0.05) is 11.6 Å². The number of hydrogen-bond acceptors (Lipinski definition) is 5. The van der Waals surface area contributed by atoms with Gasteiger partial charge in [-0.2, -0.15) is 4.98 Å². The molecular formula is C20H26N6. The maximum Gasteiger partial charge on any atom is 0.227 e. The summed E-state index contributed by atoms with van der Waals surface area (Å²) in [7, 11) is 0. The maximum absolute atomic E-state index is 5.93. The van der Waals surface area contributed by atoms with Gasteiger partial charge in [0, 0.05) is 61.1 Å². The predicted molar refractivity (Wildman–Crippen MR) is 106 cm³/mol. The van der Waals surface area contributed by atoms with E-state index in [-0.39, 0.29) is 0 Å². The summed E-state index contributed by atoms with van der Waals surface area (Å²) in [6.07, 6.45) is 1.81. The van der Waals surface area contributed by atoms with Crippen LogP contribution in [0.1, 0.15) is 22.4 Å². The molecule has 0 atom stereocenters. The Hall–Kier alpha value is -2.60. The summed E-state index contributed by atoms with van der Waals surface area (Å²) < 4.78 is 0. The molecule has 26 heavy (non-hydrogen) atoms. The Bertz CT molecular complexity index is 937. The van der Waals surface area contributed by atoms with Crippen LogP contribution in [-0.2, 0) is 6.54 Å². The second-order valence-corrected chi connectivity index (χ2v) is 7.28. The van der Waals surface area contributed by atoms with Crippen LogP contribution in [0.4, 0.5) is 11.8 Å². The molecule has 0 radical (unpaired) electrons. The number of aromatic amines is 1. The molecule has 1 aliphatic heterocycles. The number of nitrogens with two attached hydrogens (primary N) is 1. The zero-order valence-corrected chi connectivity index (χ0v) is 15.7. The van der Waals surface area contributed by atoms with Crippen LogP contribution in [0, 0.1) is 20.8 Å². The van der Waals surface area contributed by atoms with Crippen LogP contribution in [0.3, 0.4) is 0 Å². The monoisotopic (exact) mass is 350 g/mol. The molecule has 0 spiro atoms. The molecule has 1 aromatic carbocycles. The third kappa shape index (κ3) is 3.12. The van der Waals surface area contributed by atoms with Crippen LogP contribution in [0.25, 0.3) is 10.9 Å². The molecule has 4 rings (SSSR count). The van der Waals surface area contributed by atoms with Crippen LogP contribution in [0.2, 0.25) is 0 Å². The average Bonchev–Trinajstić information content (AvgIpc) is 2.94. The van der Waals surface area contributed by atoms with Crippen molar-refractivity contribution in [1.82, 2.24) is 19.9 Å². The Kier molecular flexibility index (Phi) is 4.28. The number of benzene rings is 1. The molecule has 1 aliphatic rings. The van der Waals surface area contributed by atoms with Crippen molar-refractivity contribution in [3.63, 3.8) is 0 Å². The Labute approximate surface area is 154 Å². The molecule has 3 aromatic rings. The van der Waals surface area contributed by atoms with Crippen LogP contribution >= 0.6 is 0 Å². The number of rotatable bonds is 3. The van der Waals surface area contributed by atoms with Crippen molar-refractivity contribution < 1.29 is 0 Å². The lowest BCUT2D eigenvalue weighted by Crippen LogP contribution is -2.46. The Morgan fingerprint density at radius 1 is 1.12 bits per heavy atom. The number of nitrogen functional groups attached to an aromatic ring is 1. The third-order valence-corrected chi connectivity index (χ3v) is 5.35. The summed E-state index contributed by atoms with van der Waals surface area (Å²) in [5, 5.41) is 1.34. The normalized spacial score (nSPS) is 15.7. The molecule has 0 aliphatic carbocycles. The molecule has 2 aromatic heterocycles. The lowest BCUT2D eigenvalue weighted by molar-refractivity contribution is 0.246. The fourth-order valence-corrected chi connectivity index (χ4v) is 3.58. The molecule has 0 unspecified atom stereocenters. The smallest absolute Gasteiger partial charge is 0.227 e. The van der Waals surface area contributed by atoms with E-state index >= 15 is 0 Å². The maximum atomic E-state index is 5.93. The molecule has 0 bridgehead atoms. The average molecular weight is 350 g/mol. The van der Waals surface area contributed by atoms with Gasteiger partial charge in [-0.05, 0) is 38.5 Å². The highest BCUT2D eigenvalue weighted by Crippen LogP contribution is 2.24. The van der Waals surface area contributed by atoms with Crippen LogP contribution < -0.4 is 10.6 Å². The van der Waals surface area contributed by atoms with E-state index in [9.17, 15) is 0 Å². The second-order valence-electron chi connectivity index (χ2n) is 7.28. The van der Waals surface area contributed by atoms with Gasteiger partial charge in [0.25, 0.3) is 0 Å². The molecule has 0 saturated carbocycles. The zero-order valence-electron chi connectivity index (χ0n) is 15.7. The summed E-state index contributed by atoms with van der Waals surface area (Å²) in [5.41, 5.74) is 12.1. The number of fused-ring (bicyclic) bond motifs is 1. The fraction of sp³-hybridized carbons (Fsp3) is 0.400. The van der Waals surface area contributed by atoms with Gasteiger partial charge in [0.05, 0.1) is 0 Å². The van der Waals surface area contributed by atoms with Crippen molar-refractivity contribution in [2.45, 2.75) is 27.3 Å². The molecule has 136 valence electrons. The molecule has 3 heterocycles. The van der Waals surface area contributed by atoms with Crippen LogP contribution in [0.15, 0.2) is 24.4 Å². The lowest BCUT2D eigenvalue weighted by Gasteiger charge is -2.34. The Morgan fingerprint density at radius 2 is 1.88 bits per heavy atom. The van der Waals surface area contributed by atoms with Gasteiger partial charge in [0.1, 0.15) is 5.82 Å². The van der Waals surface area contributed by atoms with Gasteiger partial charge < -0.3 is 15.6 Å².